The molecule has 0 fully saturated rings. The van der Waals surface area contributed by atoms with E-state index in [-0.39, 0.29) is 11.8 Å². The number of halogens is 2. The second-order valence-corrected chi connectivity index (χ2v) is 7.82. The first-order valence-electron chi connectivity index (χ1n) is 7.69. The van der Waals surface area contributed by atoms with Crippen molar-refractivity contribution in [3.63, 3.8) is 0 Å². The summed E-state index contributed by atoms with van der Waals surface area (Å²) in [4.78, 5) is 24.2. The summed E-state index contributed by atoms with van der Waals surface area (Å²) >= 11 is 11.3. The van der Waals surface area contributed by atoms with E-state index >= 15 is 0 Å². The van der Waals surface area contributed by atoms with Crippen molar-refractivity contribution < 1.29 is 9.59 Å². The molecule has 0 aliphatic heterocycles. The van der Waals surface area contributed by atoms with Gasteiger partial charge in [0.25, 0.3) is 0 Å². The summed E-state index contributed by atoms with van der Waals surface area (Å²) in [7, 11) is 0. The highest BCUT2D eigenvalue weighted by Gasteiger charge is 2.07. The van der Waals surface area contributed by atoms with Crippen LogP contribution in [0.3, 0.4) is 0 Å². The zero-order valence-corrected chi connectivity index (χ0v) is 16.8. The van der Waals surface area contributed by atoms with Gasteiger partial charge in [-0.15, -0.1) is 11.8 Å². The van der Waals surface area contributed by atoms with E-state index in [0.717, 1.165) is 16.6 Å². The lowest BCUT2D eigenvalue weighted by Gasteiger charge is -2.09. The van der Waals surface area contributed by atoms with Crippen LogP contribution in [0.2, 0.25) is 5.02 Å². The number of carbonyl (C=O) groups excluding carboxylic acids is 2. The number of benzene rings is 2. The Hall–Kier alpha value is -1.50. The molecule has 0 spiro atoms. The molecule has 0 saturated heterocycles. The maximum absolute atomic E-state index is 12.0. The van der Waals surface area contributed by atoms with E-state index in [4.69, 9.17) is 11.6 Å². The summed E-state index contributed by atoms with van der Waals surface area (Å²) in [6.07, 6.45) is 1.20. The fraction of sp³-hybridized carbons (Fsp3) is 0.222. The number of nitrogens with one attached hydrogen (secondary N) is 2. The number of amides is 2. The van der Waals surface area contributed by atoms with Crippen LogP contribution >= 0.6 is 39.3 Å². The first kappa shape index (κ1) is 19.8. The van der Waals surface area contributed by atoms with E-state index in [1.54, 1.807) is 30.0 Å². The Morgan fingerprint density at radius 1 is 1.12 bits per heavy atom. The molecule has 4 nitrogen and oxygen atoms in total. The van der Waals surface area contributed by atoms with E-state index in [2.05, 4.69) is 26.6 Å². The van der Waals surface area contributed by atoms with Crippen LogP contribution in [0.4, 0.5) is 11.4 Å². The molecular weight excluding hydrogens is 424 g/mol. The molecule has 2 aromatic rings. The average molecular weight is 442 g/mol. The molecule has 0 bridgehead atoms. The van der Waals surface area contributed by atoms with Crippen molar-refractivity contribution in [2.24, 2.45) is 0 Å². The van der Waals surface area contributed by atoms with Gasteiger partial charge in [-0.05, 0) is 54.6 Å². The molecule has 0 heterocycles. The average Bonchev–Trinajstić information content (AvgIpc) is 2.55. The number of rotatable bonds is 7. The lowest BCUT2D eigenvalue weighted by molar-refractivity contribution is -0.116. The van der Waals surface area contributed by atoms with Crippen molar-refractivity contribution in [3.05, 3.63) is 52.0 Å². The molecule has 2 aromatic carbocycles. The van der Waals surface area contributed by atoms with Crippen molar-refractivity contribution in [2.45, 2.75) is 24.7 Å². The van der Waals surface area contributed by atoms with Gasteiger partial charge in [-0.3, -0.25) is 9.59 Å². The summed E-state index contributed by atoms with van der Waals surface area (Å²) < 4.78 is 1.05. The van der Waals surface area contributed by atoms with Gasteiger partial charge in [0, 0.05) is 28.4 Å². The second-order valence-electron chi connectivity index (χ2n) is 5.33. The maximum Gasteiger partial charge on any atom is 0.224 e. The molecule has 2 rings (SSSR count). The van der Waals surface area contributed by atoms with Crippen LogP contribution in [-0.4, -0.2) is 17.6 Å². The van der Waals surface area contributed by atoms with Gasteiger partial charge in [0.2, 0.25) is 11.8 Å². The van der Waals surface area contributed by atoms with Crippen LogP contribution < -0.4 is 10.6 Å². The van der Waals surface area contributed by atoms with Crippen LogP contribution in [0.15, 0.2) is 51.8 Å². The number of hydrogen-bond acceptors (Lipinski definition) is 3. The third-order valence-electron chi connectivity index (χ3n) is 3.19. The maximum atomic E-state index is 12.0. The summed E-state index contributed by atoms with van der Waals surface area (Å²) in [6.45, 7) is 1.43. The fourth-order valence-corrected chi connectivity index (χ4v) is 3.41. The lowest BCUT2D eigenvalue weighted by Crippen LogP contribution is -2.12. The minimum atomic E-state index is -0.170. The lowest BCUT2D eigenvalue weighted by atomic mass is 10.2. The summed E-state index contributed by atoms with van der Waals surface area (Å²) in [5.74, 6) is 0.617. The van der Waals surface area contributed by atoms with Gasteiger partial charge < -0.3 is 10.6 Å². The van der Waals surface area contributed by atoms with Gasteiger partial charge in [-0.2, -0.15) is 0 Å². The van der Waals surface area contributed by atoms with Crippen molar-refractivity contribution in [2.75, 3.05) is 16.4 Å². The number of carbonyl (C=O) groups is 2. The van der Waals surface area contributed by atoms with E-state index in [1.807, 2.05) is 24.3 Å². The Bertz CT molecular complexity index is 753. The van der Waals surface area contributed by atoms with Gasteiger partial charge in [0.15, 0.2) is 0 Å². The molecule has 0 aliphatic rings. The molecule has 0 aromatic heterocycles. The second kappa shape index (κ2) is 9.85. The van der Waals surface area contributed by atoms with Crippen LogP contribution in [0.1, 0.15) is 19.8 Å². The minimum absolute atomic E-state index is 0.0782. The number of anilines is 2. The predicted molar refractivity (Wildman–Crippen MR) is 108 cm³/mol. The largest absolute Gasteiger partial charge is 0.326 e. The van der Waals surface area contributed by atoms with Gasteiger partial charge in [-0.1, -0.05) is 27.5 Å². The van der Waals surface area contributed by atoms with E-state index in [1.165, 1.54) is 11.8 Å². The molecule has 0 saturated carbocycles. The van der Waals surface area contributed by atoms with E-state index < -0.39 is 0 Å². The van der Waals surface area contributed by atoms with Crippen LogP contribution in [-0.2, 0) is 9.59 Å². The first-order valence-corrected chi connectivity index (χ1v) is 9.85. The van der Waals surface area contributed by atoms with Crippen molar-refractivity contribution in [3.8, 4) is 0 Å². The molecule has 0 unspecified atom stereocenters. The SMILES string of the molecule is CC(=O)Nc1ccc(NC(=O)CCCSc2ccc(Br)cc2)c(Cl)c1. The molecule has 0 aliphatic carbocycles. The highest BCUT2D eigenvalue weighted by Crippen LogP contribution is 2.26. The highest BCUT2D eigenvalue weighted by atomic mass is 79.9. The Balaban J connectivity index is 1.76. The molecule has 2 amide bonds. The van der Waals surface area contributed by atoms with E-state index in [0.29, 0.717) is 22.8 Å². The number of thioether (sulfide) groups is 1. The smallest absolute Gasteiger partial charge is 0.224 e. The van der Waals surface area contributed by atoms with Gasteiger partial charge >= 0.3 is 0 Å². The van der Waals surface area contributed by atoms with Gasteiger partial charge in [0.05, 0.1) is 10.7 Å². The third kappa shape index (κ3) is 7.10. The van der Waals surface area contributed by atoms with Crippen molar-refractivity contribution >= 4 is 62.5 Å². The monoisotopic (exact) mass is 440 g/mol. The zero-order chi connectivity index (χ0) is 18.2. The zero-order valence-electron chi connectivity index (χ0n) is 13.6. The highest BCUT2D eigenvalue weighted by molar-refractivity contribution is 9.10. The number of hydrogen-bond donors (Lipinski definition) is 2. The van der Waals surface area contributed by atoms with E-state index in [9.17, 15) is 9.59 Å². The molecular formula is C18H18BrClN2O2S. The van der Waals surface area contributed by atoms with Crippen LogP contribution in [0.25, 0.3) is 0 Å². The van der Waals surface area contributed by atoms with Gasteiger partial charge in [-0.25, -0.2) is 0 Å². The quantitative estimate of drug-likeness (QED) is 0.436. The van der Waals surface area contributed by atoms with Crippen LogP contribution in [0.5, 0.6) is 0 Å². The van der Waals surface area contributed by atoms with Crippen LogP contribution in [0, 0.1) is 0 Å². The predicted octanol–water partition coefficient (Wildman–Crippen LogP) is 5.57. The Labute approximate surface area is 164 Å². The van der Waals surface area contributed by atoms with Gasteiger partial charge in [0.1, 0.15) is 0 Å². The molecule has 132 valence electrons. The van der Waals surface area contributed by atoms with Crippen molar-refractivity contribution in [1.29, 1.82) is 0 Å². The molecule has 0 atom stereocenters. The first-order chi connectivity index (χ1) is 11.9. The molecule has 25 heavy (non-hydrogen) atoms. The summed E-state index contributed by atoms with van der Waals surface area (Å²) in [6, 6.07) is 13.1. The normalized spacial score (nSPS) is 10.4. The fourth-order valence-electron chi connectivity index (χ4n) is 2.06. The Morgan fingerprint density at radius 2 is 1.84 bits per heavy atom. The molecule has 2 N–H and O–H groups in total. The third-order valence-corrected chi connectivity index (χ3v) is 5.13. The molecule has 7 heteroatoms. The molecule has 0 radical (unpaired) electrons. The Morgan fingerprint density at radius 3 is 2.48 bits per heavy atom. The summed E-state index contributed by atoms with van der Waals surface area (Å²) in [5.41, 5.74) is 1.14. The Kier molecular flexibility index (Phi) is 7.81. The van der Waals surface area contributed by atoms with Crippen molar-refractivity contribution in [1.82, 2.24) is 0 Å². The topological polar surface area (TPSA) is 58.2 Å². The minimum Gasteiger partial charge on any atom is -0.326 e. The summed E-state index contributed by atoms with van der Waals surface area (Å²) in [5, 5.41) is 5.84. The standard InChI is InChI=1S/C18H18BrClN2O2S/c1-12(23)21-14-6-9-17(16(20)11-14)22-18(24)3-2-10-25-15-7-4-13(19)5-8-15/h4-9,11H,2-3,10H2,1H3,(H,21,23)(H,22,24).